The monoisotopic (exact) mass is 368 g/mol. The van der Waals surface area contributed by atoms with E-state index in [1.54, 1.807) is 6.07 Å². The van der Waals surface area contributed by atoms with Gasteiger partial charge in [-0.1, -0.05) is 18.2 Å². The summed E-state index contributed by atoms with van der Waals surface area (Å²) in [5.41, 5.74) is 0. The molecule has 0 aliphatic carbocycles. The first-order chi connectivity index (χ1) is 11.5. The molecule has 0 spiro atoms. The van der Waals surface area contributed by atoms with E-state index in [2.05, 4.69) is 5.32 Å². The van der Waals surface area contributed by atoms with Gasteiger partial charge in [-0.2, -0.15) is 4.31 Å². The average molecular weight is 368 g/mol. The van der Waals surface area contributed by atoms with Crippen LogP contribution >= 0.6 is 11.3 Å². The van der Waals surface area contributed by atoms with Gasteiger partial charge in [-0.25, -0.2) is 12.8 Å². The van der Waals surface area contributed by atoms with Crippen molar-refractivity contribution in [3.05, 3.63) is 52.5 Å². The van der Waals surface area contributed by atoms with Crippen LogP contribution in [0.25, 0.3) is 0 Å². The number of nitrogens with one attached hydrogen (secondary N) is 1. The molecule has 128 valence electrons. The highest BCUT2D eigenvalue weighted by molar-refractivity contribution is 7.89. The molecular formula is C16H17FN2O3S2. The van der Waals surface area contributed by atoms with Crippen molar-refractivity contribution in [1.29, 1.82) is 0 Å². The summed E-state index contributed by atoms with van der Waals surface area (Å²) >= 11 is 1.36. The van der Waals surface area contributed by atoms with Crippen LogP contribution in [-0.4, -0.2) is 37.8 Å². The molecule has 8 heteroatoms. The number of amides is 1. The summed E-state index contributed by atoms with van der Waals surface area (Å²) in [4.78, 5) is 12.4. The molecule has 1 N–H and O–H groups in total. The van der Waals surface area contributed by atoms with Crippen molar-refractivity contribution in [3.8, 4) is 0 Å². The molecule has 2 heterocycles. The summed E-state index contributed by atoms with van der Waals surface area (Å²) in [6.07, 6.45) is 1.01. The molecule has 1 aliphatic heterocycles. The molecule has 24 heavy (non-hydrogen) atoms. The Labute approximate surface area is 144 Å². The van der Waals surface area contributed by atoms with E-state index in [1.807, 2.05) is 11.4 Å². The molecule has 2 aromatic rings. The van der Waals surface area contributed by atoms with Gasteiger partial charge in [-0.05, 0) is 36.4 Å². The number of nitrogens with zero attached hydrogens (tertiary/aromatic N) is 1. The highest BCUT2D eigenvalue weighted by Crippen LogP contribution is 2.23. The lowest BCUT2D eigenvalue weighted by Gasteiger charge is -2.31. The molecule has 0 bridgehead atoms. The lowest BCUT2D eigenvalue weighted by Crippen LogP contribution is -2.46. The number of sulfonamides is 1. The molecule has 0 unspecified atom stereocenters. The molecule has 0 saturated carbocycles. The van der Waals surface area contributed by atoms with Gasteiger partial charge in [-0.3, -0.25) is 4.79 Å². The first kappa shape index (κ1) is 17.1. The number of piperidine rings is 1. The first-order valence-corrected chi connectivity index (χ1v) is 9.89. The molecule has 1 fully saturated rings. The van der Waals surface area contributed by atoms with Crippen LogP contribution in [0.5, 0.6) is 0 Å². The number of carbonyl (C=O) groups is 1. The minimum atomic E-state index is -3.84. The van der Waals surface area contributed by atoms with Gasteiger partial charge in [0.1, 0.15) is 10.7 Å². The van der Waals surface area contributed by atoms with Crippen molar-refractivity contribution >= 4 is 27.3 Å². The van der Waals surface area contributed by atoms with E-state index in [-0.39, 0.29) is 29.9 Å². The van der Waals surface area contributed by atoms with Gasteiger partial charge in [0, 0.05) is 19.1 Å². The van der Waals surface area contributed by atoms with E-state index in [0.717, 1.165) is 6.07 Å². The van der Waals surface area contributed by atoms with Gasteiger partial charge in [0.25, 0.3) is 5.91 Å². The van der Waals surface area contributed by atoms with E-state index >= 15 is 0 Å². The highest BCUT2D eigenvalue weighted by atomic mass is 32.2. The summed E-state index contributed by atoms with van der Waals surface area (Å²) in [5.74, 6) is -0.883. The van der Waals surface area contributed by atoms with Crippen LogP contribution < -0.4 is 5.32 Å². The number of hydrogen-bond donors (Lipinski definition) is 1. The lowest BCUT2D eigenvalue weighted by atomic mass is 10.1. The quantitative estimate of drug-likeness (QED) is 0.902. The molecule has 1 aliphatic rings. The van der Waals surface area contributed by atoms with Crippen molar-refractivity contribution in [2.75, 3.05) is 13.1 Å². The van der Waals surface area contributed by atoms with Gasteiger partial charge >= 0.3 is 0 Å². The predicted octanol–water partition coefficient (Wildman–Crippen LogP) is 2.47. The standard InChI is InChI=1S/C16H17FN2O3S2/c17-13-4-1-2-6-15(13)24(21,22)19-9-7-12(8-10-19)18-16(20)14-5-3-11-23-14/h1-6,11-12H,7-10H2,(H,18,20). The second-order valence-electron chi connectivity index (χ2n) is 5.56. The maximum Gasteiger partial charge on any atom is 0.261 e. The summed E-state index contributed by atoms with van der Waals surface area (Å²) in [6.45, 7) is 0.512. The Morgan fingerprint density at radius 1 is 1.17 bits per heavy atom. The van der Waals surface area contributed by atoms with Crippen LogP contribution in [0.3, 0.4) is 0 Å². The zero-order valence-corrected chi connectivity index (χ0v) is 14.4. The summed E-state index contributed by atoms with van der Waals surface area (Å²) < 4.78 is 40.1. The Kier molecular flexibility index (Phi) is 4.98. The van der Waals surface area contributed by atoms with Crippen molar-refractivity contribution in [2.45, 2.75) is 23.8 Å². The molecule has 1 aromatic heterocycles. The van der Waals surface area contributed by atoms with Crippen LogP contribution in [0.2, 0.25) is 0 Å². The van der Waals surface area contributed by atoms with Crippen molar-refractivity contribution < 1.29 is 17.6 Å². The average Bonchev–Trinajstić information content (AvgIpc) is 3.10. The number of thiophene rings is 1. The molecule has 3 rings (SSSR count). The normalized spacial score (nSPS) is 16.9. The fraction of sp³-hybridized carbons (Fsp3) is 0.312. The van der Waals surface area contributed by atoms with Crippen molar-refractivity contribution in [2.24, 2.45) is 0 Å². The maximum absolute atomic E-state index is 13.8. The van der Waals surface area contributed by atoms with Crippen LogP contribution in [0.15, 0.2) is 46.7 Å². The number of carbonyl (C=O) groups excluding carboxylic acids is 1. The fourth-order valence-corrected chi connectivity index (χ4v) is 4.86. The Morgan fingerprint density at radius 2 is 1.88 bits per heavy atom. The third-order valence-corrected chi connectivity index (χ3v) is 6.79. The van der Waals surface area contributed by atoms with E-state index < -0.39 is 15.8 Å². The Hall–Kier alpha value is -1.77. The molecular weight excluding hydrogens is 351 g/mol. The molecule has 0 atom stereocenters. The second-order valence-corrected chi connectivity index (χ2v) is 8.41. The minimum absolute atomic E-state index is 0.0772. The topological polar surface area (TPSA) is 66.5 Å². The van der Waals surface area contributed by atoms with Crippen molar-refractivity contribution in [3.63, 3.8) is 0 Å². The van der Waals surface area contributed by atoms with Gasteiger partial charge in [0.15, 0.2) is 0 Å². The Bertz CT molecular complexity index is 814. The molecule has 1 saturated heterocycles. The number of rotatable bonds is 4. The fourth-order valence-electron chi connectivity index (χ4n) is 2.70. The van der Waals surface area contributed by atoms with E-state index in [9.17, 15) is 17.6 Å². The largest absolute Gasteiger partial charge is 0.349 e. The number of halogens is 1. The Morgan fingerprint density at radius 3 is 2.50 bits per heavy atom. The highest BCUT2D eigenvalue weighted by Gasteiger charge is 2.31. The third-order valence-electron chi connectivity index (χ3n) is 3.99. The van der Waals surface area contributed by atoms with Gasteiger partial charge in [-0.15, -0.1) is 11.3 Å². The molecule has 5 nitrogen and oxygen atoms in total. The number of hydrogen-bond acceptors (Lipinski definition) is 4. The van der Waals surface area contributed by atoms with Gasteiger partial charge in [0.05, 0.1) is 4.88 Å². The Balaban J connectivity index is 1.63. The minimum Gasteiger partial charge on any atom is -0.349 e. The molecule has 0 radical (unpaired) electrons. The van der Waals surface area contributed by atoms with E-state index in [4.69, 9.17) is 0 Å². The van der Waals surface area contributed by atoms with Crippen LogP contribution in [0, 0.1) is 5.82 Å². The molecule has 1 aromatic carbocycles. The van der Waals surface area contributed by atoms with E-state index in [1.165, 1.54) is 33.8 Å². The SMILES string of the molecule is O=C(NC1CCN(S(=O)(=O)c2ccccc2F)CC1)c1cccs1. The zero-order valence-electron chi connectivity index (χ0n) is 12.8. The van der Waals surface area contributed by atoms with E-state index in [0.29, 0.717) is 17.7 Å². The van der Waals surface area contributed by atoms with Gasteiger partial charge < -0.3 is 5.32 Å². The summed E-state index contributed by atoms with van der Waals surface area (Å²) in [5, 5.41) is 4.75. The first-order valence-electron chi connectivity index (χ1n) is 7.57. The van der Waals surface area contributed by atoms with Crippen LogP contribution in [-0.2, 0) is 10.0 Å². The van der Waals surface area contributed by atoms with Gasteiger partial charge in [0.2, 0.25) is 10.0 Å². The zero-order chi connectivity index (χ0) is 17.2. The van der Waals surface area contributed by atoms with Crippen LogP contribution in [0.1, 0.15) is 22.5 Å². The van der Waals surface area contributed by atoms with Crippen molar-refractivity contribution in [1.82, 2.24) is 9.62 Å². The molecule has 1 amide bonds. The maximum atomic E-state index is 13.8. The summed E-state index contributed by atoms with van der Waals surface area (Å²) in [7, 11) is -3.84. The third kappa shape index (κ3) is 3.50. The van der Waals surface area contributed by atoms with Crippen LogP contribution in [0.4, 0.5) is 4.39 Å². The smallest absolute Gasteiger partial charge is 0.261 e. The second kappa shape index (κ2) is 7.00. The predicted molar refractivity (Wildman–Crippen MR) is 90.0 cm³/mol. The number of benzene rings is 1. The lowest BCUT2D eigenvalue weighted by molar-refractivity contribution is 0.0928. The summed E-state index contributed by atoms with van der Waals surface area (Å²) in [6, 6.07) is 8.86.